The van der Waals surface area contributed by atoms with E-state index in [1.807, 2.05) is 0 Å². The summed E-state index contributed by atoms with van der Waals surface area (Å²) in [5.41, 5.74) is -0.874. The van der Waals surface area contributed by atoms with E-state index in [1.165, 1.54) is 24.3 Å². The summed E-state index contributed by atoms with van der Waals surface area (Å²) in [6.45, 7) is -0.808. The predicted octanol–water partition coefficient (Wildman–Crippen LogP) is 3.74. The number of halogens is 4. The molecular formula is C16H10F4N4O3. The topological polar surface area (TPSA) is 90.1 Å². The van der Waals surface area contributed by atoms with Crippen molar-refractivity contribution in [3.8, 4) is 0 Å². The molecular weight excluding hydrogens is 372 g/mol. The number of nitro groups is 1. The zero-order valence-corrected chi connectivity index (χ0v) is 13.3. The van der Waals surface area contributed by atoms with Gasteiger partial charge in [-0.25, -0.2) is 9.37 Å². The molecule has 0 saturated carbocycles. The molecule has 3 rings (SSSR count). The maximum atomic E-state index is 13.8. The molecule has 11 heteroatoms. The number of carbonyl (C=O) groups excluding carboxylic acids is 1. The molecule has 0 saturated heterocycles. The lowest BCUT2D eigenvalue weighted by Crippen LogP contribution is -2.23. The van der Waals surface area contributed by atoms with Crippen LogP contribution in [0.3, 0.4) is 0 Å². The fourth-order valence-electron chi connectivity index (χ4n) is 2.51. The van der Waals surface area contributed by atoms with Crippen molar-refractivity contribution in [3.63, 3.8) is 0 Å². The maximum absolute atomic E-state index is 13.8. The van der Waals surface area contributed by atoms with E-state index in [0.717, 1.165) is 18.2 Å². The van der Waals surface area contributed by atoms with Crippen LogP contribution in [0.15, 0.2) is 42.5 Å². The molecule has 0 bridgehead atoms. The van der Waals surface area contributed by atoms with Gasteiger partial charge in [0.1, 0.15) is 12.4 Å². The van der Waals surface area contributed by atoms with Crippen LogP contribution in [0.2, 0.25) is 0 Å². The molecule has 2 aromatic carbocycles. The van der Waals surface area contributed by atoms with Gasteiger partial charge in [-0.1, -0.05) is 12.1 Å². The van der Waals surface area contributed by atoms with Crippen molar-refractivity contribution >= 4 is 28.3 Å². The highest BCUT2D eigenvalue weighted by Gasteiger charge is 2.38. The largest absolute Gasteiger partial charge is 0.449 e. The number of hydrogen-bond acceptors (Lipinski definition) is 4. The lowest BCUT2D eigenvalue weighted by atomic mass is 10.2. The van der Waals surface area contributed by atoms with Gasteiger partial charge in [-0.2, -0.15) is 13.2 Å². The molecule has 1 aromatic heterocycles. The predicted molar refractivity (Wildman–Crippen MR) is 86.4 cm³/mol. The average Bonchev–Trinajstić information content (AvgIpc) is 2.95. The SMILES string of the molecule is O=C(Cn1c(C(F)(F)F)nc2ccccc21)Nc1cc([N+](=O)[O-])ccc1F. The number of benzene rings is 2. The van der Waals surface area contributed by atoms with E-state index >= 15 is 0 Å². The minimum atomic E-state index is -4.81. The van der Waals surface area contributed by atoms with Gasteiger partial charge >= 0.3 is 6.18 Å². The second-order valence-corrected chi connectivity index (χ2v) is 5.48. The van der Waals surface area contributed by atoms with Crippen LogP contribution < -0.4 is 5.32 Å². The molecule has 0 atom stereocenters. The number of fused-ring (bicyclic) bond motifs is 1. The summed E-state index contributed by atoms with van der Waals surface area (Å²) in [6, 6.07) is 8.16. The molecule has 1 amide bonds. The van der Waals surface area contributed by atoms with Gasteiger partial charge in [0.15, 0.2) is 0 Å². The number of imidazole rings is 1. The molecule has 0 spiro atoms. The van der Waals surface area contributed by atoms with Gasteiger partial charge in [0.05, 0.1) is 21.6 Å². The van der Waals surface area contributed by atoms with Gasteiger partial charge in [-0.05, 0) is 18.2 Å². The van der Waals surface area contributed by atoms with Crippen LogP contribution in [0.1, 0.15) is 5.82 Å². The molecule has 0 unspecified atom stereocenters. The van der Waals surface area contributed by atoms with Crippen molar-refractivity contribution in [2.75, 3.05) is 5.32 Å². The zero-order chi connectivity index (χ0) is 19.8. The number of para-hydroxylation sites is 2. The monoisotopic (exact) mass is 382 g/mol. The molecule has 0 aliphatic carbocycles. The Kier molecular flexibility index (Phi) is 4.52. The summed E-state index contributed by atoms with van der Waals surface area (Å²) in [5, 5.41) is 12.8. The van der Waals surface area contributed by atoms with Crippen LogP contribution in [-0.2, 0) is 17.5 Å². The Labute approximate surface area is 148 Å². The van der Waals surface area contributed by atoms with E-state index in [-0.39, 0.29) is 11.0 Å². The van der Waals surface area contributed by atoms with Gasteiger partial charge in [0.2, 0.25) is 11.7 Å². The average molecular weight is 382 g/mol. The highest BCUT2D eigenvalue weighted by atomic mass is 19.4. The number of aromatic nitrogens is 2. The van der Waals surface area contributed by atoms with Gasteiger partial charge < -0.3 is 9.88 Å². The zero-order valence-electron chi connectivity index (χ0n) is 13.3. The third-order valence-corrected chi connectivity index (χ3v) is 3.64. The number of alkyl halides is 3. The Morgan fingerprint density at radius 2 is 1.93 bits per heavy atom. The number of hydrogen-bond donors (Lipinski definition) is 1. The Bertz CT molecular complexity index is 1050. The number of carbonyl (C=O) groups is 1. The van der Waals surface area contributed by atoms with E-state index < -0.39 is 46.6 Å². The molecule has 27 heavy (non-hydrogen) atoms. The fourth-order valence-corrected chi connectivity index (χ4v) is 2.51. The summed E-state index contributed by atoms with van der Waals surface area (Å²) < 4.78 is 54.1. The highest BCUT2D eigenvalue weighted by molar-refractivity contribution is 5.92. The van der Waals surface area contributed by atoms with Crippen molar-refractivity contribution in [2.45, 2.75) is 12.7 Å². The van der Waals surface area contributed by atoms with Crippen LogP contribution in [0.25, 0.3) is 11.0 Å². The first-order valence-electron chi connectivity index (χ1n) is 7.43. The van der Waals surface area contributed by atoms with Gasteiger partial charge in [-0.3, -0.25) is 14.9 Å². The summed E-state index contributed by atoms with van der Waals surface area (Å²) in [5.74, 6) is -3.23. The number of amides is 1. The van der Waals surface area contributed by atoms with Crippen LogP contribution >= 0.6 is 0 Å². The third kappa shape index (κ3) is 3.71. The van der Waals surface area contributed by atoms with Crippen molar-refractivity contribution in [1.29, 1.82) is 0 Å². The lowest BCUT2D eigenvalue weighted by molar-refractivity contribution is -0.384. The normalized spacial score (nSPS) is 11.6. The Hall–Kier alpha value is -3.50. The number of anilines is 1. The van der Waals surface area contributed by atoms with Gasteiger partial charge in [-0.15, -0.1) is 0 Å². The van der Waals surface area contributed by atoms with E-state index in [0.29, 0.717) is 4.57 Å². The first-order valence-corrected chi connectivity index (χ1v) is 7.43. The molecule has 7 nitrogen and oxygen atoms in total. The second-order valence-electron chi connectivity index (χ2n) is 5.48. The quantitative estimate of drug-likeness (QED) is 0.423. The number of rotatable bonds is 4. The Morgan fingerprint density at radius 3 is 2.59 bits per heavy atom. The van der Waals surface area contributed by atoms with Crippen LogP contribution in [-0.4, -0.2) is 20.4 Å². The smallest absolute Gasteiger partial charge is 0.322 e. The summed E-state index contributed by atoms with van der Waals surface area (Å²) in [4.78, 5) is 25.6. The van der Waals surface area contributed by atoms with Crippen molar-refractivity contribution in [1.82, 2.24) is 9.55 Å². The molecule has 1 heterocycles. The number of non-ortho nitro benzene ring substituents is 1. The van der Waals surface area contributed by atoms with Crippen molar-refractivity contribution in [3.05, 3.63) is 64.2 Å². The van der Waals surface area contributed by atoms with Crippen LogP contribution in [0, 0.1) is 15.9 Å². The number of nitro benzene ring substituents is 1. The molecule has 0 radical (unpaired) electrons. The summed E-state index contributed by atoms with van der Waals surface area (Å²) in [6.07, 6.45) is -4.81. The maximum Gasteiger partial charge on any atom is 0.449 e. The summed E-state index contributed by atoms with van der Waals surface area (Å²) >= 11 is 0. The van der Waals surface area contributed by atoms with Gasteiger partial charge in [0, 0.05) is 12.1 Å². The van der Waals surface area contributed by atoms with Crippen molar-refractivity contribution in [2.24, 2.45) is 0 Å². The number of nitrogens with zero attached hydrogens (tertiary/aromatic N) is 3. The second kappa shape index (κ2) is 6.67. The lowest BCUT2D eigenvalue weighted by Gasteiger charge is -2.12. The van der Waals surface area contributed by atoms with E-state index in [2.05, 4.69) is 10.3 Å². The molecule has 0 aliphatic heterocycles. The van der Waals surface area contributed by atoms with Crippen LogP contribution in [0.4, 0.5) is 28.9 Å². The van der Waals surface area contributed by atoms with Crippen LogP contribution in [0.5, 0.6) is 0 Å². The molecule has 0 aliphatic rings. The third-order valence-electron chi connectivity index (χ3n) is 3.64. The van der Waals surface area contributed by atoms with E-state index in [9.17, 15) is 32.5 Å². The molecule has 3 aromatic rings. The van der Waals surface area contributed by atoms with E-state index in [4.69, 9.17) is 0 Å². The minimum Gasteiger partial charge on any atom is -0.322 e. The van der Waals surface area contributed by atoms with Gasteiger partial charge in [0.25, 0.3) is 5.69 Å². The Morgan fingerprint density at radius 1 is 1.22 bits per heavy atom. The molecule has 1 N–H and O–H groups in total. The minimum absolute atomic E-state index is 0.0409. The first-order chi connectivity index (χ1) is 12.7. The van der Waals surface area contributed by atoms with E-state index in [1.54, 1.807) is 0 Å². The standard InChI is InChI=1S/C16H10F4N4O3/c17-10-6-5-9(24(26)27)7-12(10)21-14(25)8-23-13-4-2-1-3-11(13)22-15(23)16(18,19)20/h1-7H,8H2,(H,21,25). The van der Waals surface area contributed by atoms with Crippen molar-refractivity contribution < 1.29 is 27.3 Å². The first kappa shape index (κ1) is 18.3. The fraction of sp³-hybridized carbons (Fsp3) is 0.125. The highest BCUT2D eigenvalue weighted by Crippen LogP contribution is 2.31. The molecule has 140 valence electrons. The summed E-state index contributed by atoms with van der Waals surface area (Å²) in [7, 11) is 0. The molecule has 0 fully saturated rings. The number of nitrogens with one attached hydrogen (secondary N) is 1. The Balaban J connectivity index is 1.93.